The Hall–Kier alpha value is -2.56. The molecular weight excluding hydrogens is 278 g/mol. The van der Waals surface area contributed by atoms with E-state index in [4.69, 9.17) is 4.74 Å². The number of aromatic nitrogens is 2. The Morgan fingerprint density at radius 1 is 1.36 bits per heavy atom. The molecule has 0 aliphatic carbocycles. The third kappa shape index (κ3) is 3.55. The second kappa shape index (κ2) is 6.93. The fourth-order valence-electron chi connectivity index (χ4n) is 2.22. The number of benzene rings is 1. The van der Waals surface area contributed by atoms with Gasteiger partial charge in [0, 0.05) is 24.4 Å². The molecule has 0 saturated carbocycles. The van der Waals surface area contributed by atoms with Crippen molar-refractivity contribution in [1.82, 2.24) is 9.78 Å². The van der Waals surface area contributed by atoms with E-state index >= 15 is 0 Å². The number of para-hydroxylation sites is 2. The second-order valence-corrected chi connectivity index (χ2v) is 4.96. The van der Waals surface area contributed by atoms with Crippen molar-refractivity contribution in [2.45, 2.75) is 20.8 Å². The first-order chi connectivity index (χ1) is 10.5. The Bertz CT molecular complexity index is 702. The lowest BCUT2D eigenvalue weighted by molar-refractivity contribution is -0.111. The van der Waals surface area contributed by atoms with Gasteiger partial charge >= 0.3 is 0 Å². The molecule has 1 N–H and O–H groups in total. The third-order valence-electron chi connectivity index (χ3n) is 3.41. The molecule has 0 saturated heterocycles. The molecule has 2 aromatic rings. The monoisotopic (exact) mass is 299 g/mol. The number of ether oxygens (including phenoxy) is 1. The maximum Gasteiger partial charge on any atom is 0.248 e. The van der Waals surface area contributed by atoms with Crippen molar-refractivity contribution < 1.29 is 9.53 Å². The summed E-state index contributed by atoms with van der Waals surface area (Å²) < 4.78 is 7.29. The summed E-state index contributed by atoms with van der Waals surface area (Å²) in [6.45, 7) is 6.36. The van der Waals surface area contributed by atoms with Gasteiger partial charge in [0.2, 0.25) is 5.91 Å². The van der Waals surface area contributed by atoms with E-state index in [0.717, 1.165) is 17.0 Å². The predicted molar refractivity (Wildman–Crippen MR) is 88.0 cm³/mol. The van der Waals surface area contributed by atoms with Crippen LogP contribution >= 0.6 is 0 Å². The minimum absolute atomic E-state index is 0.199. The maximum atomic E-state index is 12.1. The van der Waals surface area contributed by atoms with Crippen molar-refractivity contribution in [3.63, 3.8) is 0 Å². The molecule has 22 heavy (non-hydrogen) atoms. The van der Waals surface area contributed by atoms with Crippen LogP contribution in [0.15, 0.2) is 30.3 Å². The molecule has 0 radical (unpaired) electrons. The quantitative estimate of drug-likeness (QED) is 0.863. The van der Waals surface area contributed by atoms with Gasteiger partial charge in [-0.15, -0.1) is 0 Å². The van der Waals surface area contributed by atoms with Gasteiger partial charge in [-0.25, -0.2) is 0 Å². The van der Waals surface area contributed by atoms with Gasteiger partial charge in [0.1, 0.15) is 5.75 Å². The van der Waals surface area contributed by atoms with E-state index in [2.05, 4.69) is 10.4 Å². The average molecular weight is 299 g/mol. The van der Waals surface area contributed by atoms with E-state index in [1.807, 2.05) is 52.1 Å². The molecule has 1 aromatic heterocycles. The first-order valence-corrected chi connectivity index (χ1v) is 7.24. The van der Waals surface area contributed by atoms with Crippen molar-refractivity contribution in [1.29, 1.82) is 0 Å². The van der Waals surface area contributed by atoms with Crippen LogP contribution < -0.4 is 10.1 Å². The van der Waals surface area contributed by atoms with Crippen molar-refractivity contribution in [2.75, 3.05) is 11.9 Å². The van der Waals surface area contributed by atoms with E-state index in [1.54, 1.807) is 10.8 Å². The van der Waals surface area contributed by atoms with E-state index in [9.17, 15) is 4.79 Å². The largest absolute Gasteiger partial charge is 0.492 e. The highest BCUT2D eigenvalue weighted by atomic mass is 16.5. The molecule has 0 atom stereocenters. The molecule has 0 fully saturated rings. The smallest absolute Gasteiger partial charge is 0.248 e. The normalized spacial score (nSPS) is 10.9. The first-order valence-electron chi connectivity index (χ1n) is 7.24. The molecule has 1 aromatic carbocycles. The Balaban J connectivity index is 2.12. The Morgan fingerprint density at radius 3 is 2.73 bits per heavy atom. The molecule has 0 spiro atoms. The fraction of sp³-hybridized carbons (Fsp3) is 0.294. The average Bonchev–Trinajstić information content (AvgIpc) is 2.72. The second-order valence-electron chi connectivity index (χ2n) is 4.96. The van der Waals surface area contributed by atoms with Crippen molar-refractivity contribution >= 4 is 17.7 Å². The highest BCUT2D eigenvalue weighted by Gasteiger charge is 2.08. The number of nitrogens with one attached hydrogen (secondary N) is 1. The van der Waals surface area contributed by atoms with E-state index in [1.165, 1.54) is 6.08 Å². The number of aryl methyl sites for hydroxylation is 2. The van der Waals surface area contributed by atoms with Gasteiger partial charge in [0.25, 0.3) is 0 Å². The predicted octanol–water partition coefficient (Wildman–Crippen LogP) is 3.09. The number of carbonyl (C=O) groups is 1. The van der Waals surface area contributed by atoms with Crippen molar-refractivity contribution in [2.24, 2.45) is 7.05 Å². The van der Waals surface area contributed by atoms with E-state index < -0.39 is 0 Å². The summed E-state index contributed by atoms with van der Waals surface area (Å²) in [7, 11) is 1.89. The van der Waals surface area contributed by atoms with Crippen LogP contribution in [0.4, 0.5) is 5.69 Å². The Labute approximate surface area is 130 Å². The SMILES string of the molecule is CCOc1ccccc1NC(=O)/C=C/c1c(C)nn(C)c1C. The summed E-state index contributed by atoms with van der Waals surface area (Å²) in [4.78, 5) is 12.1. The lowest BCUT2D eigenvalue weighted by Crippen LogP contribution is -2.09. The van der Waals surface area contributed by atoms with Gasteiger partial charge in [0.15, 0.2) is 0 Å². The van der Waals surface area contributed by atoms with Crippen LogP contribution in [0.1, 0.15) is 23.9 Å². The highest BCUT2D eigenvalue weighted by molar-refractivity contribution is 6.02. The van der Waals surface area contributed by atoms with E-state index in [0.29, 0.717) is 18.0 Å². The Morgan fingerprint density at radius 2 is 2.09 bits per heavy atom. The summed E-state index contributed by atoms with van der Waals surface area (Å²) in [5.74, 6) is 0.468. The number of nitrogens with zero attached hydrogens (tertiary/aromatic N) is 2. The van der Waals surface area contributed by atoms with Crippen LogP contribution in [-0.2, 0) is 11.8 Å². The van der Waals surface area contributed by atoms with Crippen molar-refractivity contribution in [3.8, 4) is 5.75 Å². The summed E-state index contributed by atoms with van der Waals surface area (Å²) in [5, 5.41) is 7.16. The topological polar surface area (TPSA) is 56.1 Å². The zero-order valence-corrected chi connectivity index (χ0v) is 13.4. The van der Waals surface area contributed by atoms with Crippen LogP contribution in [0.3, 0.4) is 0 Å². The minimum atomic E-state index is -0.199. The Kier molecular flexibility index (Phi) is 4.99. The summed E-state index contributed by atoms with van der Waals surface area (Å²) in [5.41, 5.74) is 3.56. The van der Waals surface area contributed by atoms with E-state index in [-0.39, 0.29) is 5.91 Å². The number of hydrogen-bond acceptors (Lipinski definition) is 3. The van der Waals surface area contributed by atoms with Gasteiger partial charge in [-0.3, -0.25) is 9.48 Å². The number of carbonyl (C=O) groups excluding carboxylic acids is 1. The van der Waals surface area contributed by atoms with Gasteiger partial charge in [-0.05, 0) is 39.0 Å². The molecule has 2 rings (SSSR count). The van der Waals surface area contributed by atoms with Gasteiger partial charge in [-0.2, -0.15) is 5.10 Å². The molecule has 116 valence electrons. The number of amides is 1. The number of rotatable bonds is 5. The standard InChI is InChI=1S/C17H21N3O2/c1-5-22-16-9-7-6-8-15(16)18-17(21)11-10-14-12(2)19-20(4)13(14)3/h6-11H,5H2,1-4H3,(H,18,21)/b11-10+. The van der Waals surface area contributed by atoms with Crippen LogP contribution in [-0.4, -0.2) is 22.3 Å². The summed E-state index contributed by atoms with van der Waals surface area (Å²) >= 11 is 0. The maximum absolute atomic E-state index is 12.1. The van der Waals surface area contributed by atoms with Crippen LogP contribution in [0, 0.1) is 13.8 Å². The molecular formula is C17H21N3O2. The summed E-state index contributed by atoms with van der Waals surface area (Å²) in [6.07, 6.45) is 3.30. The summed E-state index contributed by atoms with van der Waals surface area (Å²) in [6, 6.07) is 7.38. The molecule has 0 unspecified atom stereocenters. The molecule has 0 aliphatic heterocycles. The minimum Gasteiger partial charge on any atom is -0.492 e. The lowest BCUT2D eigenvalue weighted by Gasteiger charge is -2.09. The number of hydrogen-bond donors (Lipinski definition) is 1. The zero-order chi connectivity index (χ0) is 16.1. The highest BCUT2D eigenvalue weighted by Crippen LogP contribution is 2.23. The van der Waals surface area contributed by atoms with Gasteiger partial charge in [-0.1, -0.05) is 12.1 Å². The van der Waals surface area contributed by atoms with Gasteiger partial charge in [0.05, 0.1) is 18.0 Å². The van der Waals surface area contributed by atoms with Crippen LogP contribution in [0.5, 0.6) is 5.75 Å². The zero-order valence-electron chi connectivity index (χ0n) is 13.4. The number of anilines is 1. The fourth-order valence-corrected chi connectivity index (χ4v) is 2.22. The van der Waals surface area contributed by atoms with Crippen molar-refractivity contribution in [3.05, 3.63) is 47.3 Å². The molecule has 0 bridgehead atoms. The molecule has 1 amide bonds. The molecule has 5 heteroatoms. The first kappa shape index (κ1) is 15.8. The van der Waals surface area contributed by atoms with Crippen LogP contribution in [0.2, 0.25) is 0 Å². The molecule has 0 aliphatic rings. The molecule has 5 nitrogen and oxygen atoms in total. The van der Waals surface area contributed by atoms with Gasteiger partial charge < -0.3 is 10.1 Å². The lowest BCUT2D eigenvalue weighted by atomic mass is 10.2. The molecule has 1 heterocycles. The van der Waals surface area contributed by atoms with Crippen LogP contribution in [0.25, 0.3) is 6.08 Å². The third-order valence-corrected chi connectivity index (χ3v) is 3.41.